The van der Waals surface area contributed by atoms with Crippen molar-refractivity contribution in [3.05, 3.63) is 23.8 Å². The van der Waals surface area contributed by atoms with E-state index in [0.717, 1.165) is 36.3 Å². The molecule has 4 nitrogen and oxygen atoms in total. The molecule has 116 valence electrons. The maximum atomic E-state index is 6.22. The lowest BCUT2D eigenvalue weighted by atomic mass is 9.90. The van der Waals surface area contributed by atoms with E-state index in [-0.39, 0.29) is 17.7 Å². The quantitative estimate of drug-likeness (QED) is 0.929. The molecular formula is C17H25NO3. The van der Waals surface area contributed by atoms with E-state index in [1.54, 1.807) is 0 Å². The number of ether oxygens (including phenoxy) is 3. The molecule has 0 radical (unpaired) electrons. The lowest BCUT2D eigenvalue weighted by Gasteiger charge is -2.36. The highest BCUT2D eigenvalue weighted by atomic mass is 16.5. The summed E-state index contributed by atoms with van der Waals surface area (Å²) in [7, 11) is 0. The van der Waals surface area contributed by atoms with Crippen molar-refractivity contribution in [3.63, 3.8) is 0 Å². The Morgan fingerprint density at radius 2 is 2.14 bits per heavy atom. The third-order valence-corrected chi connectivity index (χ3v) is 4.24. The zero-order valence-electron chi connectivity index (χ0n) is 13.1. The maximum Gasteiger partial charge on any atom is 0.128 e. The van der Waals surface area contributed by atoms with Gasteiger partial charge in [-0.1, -0.05) is 6.07 Å². The summed E-state index contributed by atoms with van der Waals surface area (Å²) in [5, 5.41) is 0. The summed E-state index contributed by atoms with van der Waals surface area (Å²) >= 11 is 0. The van der Waals surface area contributed by atoms with E-state index in [4.69, 9.17) is 19.9 Å². The van der Waals surface area contributed by atoms with E-state index in [1.165, 1.54) is 0 Å². The number of hydrogen-bond acceptors (Lipinski definition) is 4. The lowest BCUT2D eigenvalue weighted by Crippen LogP contribution is -2.37. The van der Waals surface area contributed by atoms with Gasteiger partial charge in [-0.15, -0.1) is 0 Å². The standard InChI is InChI=1S/C17H25NO3/c1-11-4-5-13(20-11)10-19-12-6-7-14-15(18)9-17(2,3)21-16(14)8-12/h6-8,11,13,15H,4-5,9-10,18H2,1-3H3. The van der Waals surface area contributed by atoms with Crippen LogP contribution in [0.1, 0.15) is 51.6 Å². The number of rotatable bonds is 3. The Morgan fingerprint density at radius 1 is 1.33 bits per heavy atom. The zero-order chi connectivity index (χ0) is 15.0. The summed E-state index contributed by atoms with van der Waals surface area (Å²) in [4.78, 5) is 0. The Balaban J connectivity index is 1.68. The largest absolute Gasteiger partial charge is 0.491 e. The third kappa shape index (κ3) is 3.33. The molecule has 0 aromatic heterocycles. The van der Waals surface area contributed by atoms with Gasteiger partial charge in [0, 0.05) is 24.1 Å². The molecule has 3 rings (SSSR count). The summed E-state index contributed by atoms with van der Waals surface area (Å²) in [6.45, 7) is 6.84. The minimum Gasteiger partial charge on any atom is -0.491 e. The van der Waals surface area contributed by atoms with Crippen LogP contribution < -0.4 is 15.2 Å². The molecule has 0 spiro atoms. The van der Waals surface area contributed by atoms with Crippen LogP contribution in [-0.4, -0.2) is 24.4 Å². The highest BCUT2D eigenvalue weighted by Gasteiger charge is 2.32. The molecule has 0 aliphatic carbocycles. The van der Waals surface area contributed by atoms with Gasteiger partial charge in [-0.05, 0) is 39.7 Å². The molecular weight excluding hydrogens is 266 g/mol. The Morgan fingerprint density at radius 3 is 2.86 bits per heavy atom. The predicted molar refractivity (Wildman–Crippen MR) is 81.8 cm³/mol. The van der Waals surface area contributed by atoms with Crippen molar-refractivity contribution in [2.75, 3.05) is 6.61 Å². The van der Waals surface area contributed by atoms with Gasteiger partial charge in [-0.25, -0.2) is 0 Å². The van der Waals surface area contributed by atoms with Crippen LogP contribution >= 0.6 is 0 Å². The molecule has 3 atom stereocenters. The fraction of sp³-hybridized carbons (Fsp3) is 0.647. The SMILES string of the molecule is CC1CCC(COc2ccc3c(c2)OC(C)(C)CC3N)O1. The topological polar surface area (TPSA) is 53.7 Å². The van der Waals surface area contributed by atoms with E-state index in [1.807, 2.05) is 18.2 Å². The Kier molecular flexibility index (Phi) is 3.84. The van der Waals surface area contributed by atoms with Gasteiger partial charge < -0.3 is 19.9 Å². The number of fused-ring (bicyclic) bond motifs is 1. The Labute approximate surface area is 126 Å². The van der Waals surface area contributed by atoms with Gasteiger partial charge >= 0.3 is 0 Å². The molecule has 1 fully saturated rings. The Hall–Kier alpha value is -1.26. The first-order valence-corrected chi connectivity index (χ1v) is 7.80. The van der Waals surface area contributed by atoms with Gasteiger partial charge in [0.25, 0.3) is 0 Å². The molecule has 2 N–H and O–H groups in total. The van der Waals surface area contributed by atoms with Gasteiger partial charge in [0.15, 0.2) is 0 Å². The average Bonchev–Trinajstić information content (AvgIpc) is 2.80. The molecule has 2 aliphatic heterocycles. The first-order chi connectivity index (χ1) is 9.93. The normalized spacial score (nSPS) is 30.6. The smallest absolute Gasteiger partial charge is 0.128 e. The van der Waals surface area contributed by atoms with Crippen LogP contribution in [-0.2, 0) is 4.74 Å². The highest BCUT2D eigenvalue weighted by Crippen LogP contribution is 2.40. The third-order valence-electron chi connectivity index (χ3n) is 4.24. The van der Waals surface area contributed by atoms with Gasteiger partial charge in [0.05, 0.1) is 12.2 Å². The van der Waals surface area contributed by atoms with Crippen LogP contribution in [0.5, 0.6) is 11.5 Å². The van der Waals surface area contributed by atoms with Crippen molar-refractivity contribution in [2.45, 2.75) is 63.9 Å². The molecule has 4 heteroatoms. The molecule has 2 heterocycles. The van der Waals surface area contributed by atoms with Gasteiger partial charge in [0.2, 0.25) is 0 Å². The van der Waals surface area contributed by atoms with E-state index >= 15 is 0 Å². The molecule has 1 aromatic rings. The minimum absolute atomic E-state index is 0.0248. The molecule has 1 aromatic carbocycles. The molecule has 21 heavy (non-hydrogen) atoms. The second-order valence-electron chi connectivity index (χ2n) is 6.83. The Bertz CT molecular complexity index is 515. The summed E-state index contributed by atoms with van der Waals surface area (Å²) in [5.74, 6) is 1.67. The number of hydrogen-bond donors (Lipinski definition) is 1. The van der Waals surface area contributed by atoms with Crippen LogP contribution in [0.15, 0.2) is 18.2 Å². The fourth-order valence-corrected chi connectivity index (χ4v) is 3.18. The van der Waals surface area contributed by atoms with Gasteiger partial charge in [-0.2, -0.15) is 0 Å². The van der Waals surface area contributed by atoms with Crippen molar-refractivity contribution in [1.29, 1.82) is 0 Å². The predicted octanol–water partition coefficient (Wildman–Crippen LogP) is 3.19. The minimum atomic E-state index is -0.227. The van der Waals surface area contributed by atoms with Crippen LogP contribution in [0.25, 0.3) is 0 Å². The lowest BCUT2D eigenvalue weighted by molar-refractivity contribution is 0.0260. The van der Waals surface area contributed by atoms with Crippen molar-refractivity contribution in [3.8, 4) is 11.5 Å². The van der Waals surface area contributed by atoms with E-state index in [2.05, 4.69) is 20.8 Å². The molecule has 0 amide bonds. The fourth-order valence-electron chi connectivity index (χ4n) is 3.18. The second-order valence-corrected chi connectivity index (χ2v) is 6.83. The number of benzene rings is 1. The van der Waals surface area contributed by atoms with Crippen LogP contribution in [0.2, 0.25) is 0 Å². The van der Waals surface area contributed by atoms with Crippen molar-refractivity contribution >= 4 is 0 Å². The first-order valence-electron chi connectivity index (χ1n) is 7.80. The molecule has 1 saturated heterocycles. The van der Waals surface area contributed by atoms with Crippen molar-refractivity contribution in [1.82, 2.24) is 0 Å². The van der Waals surface area contributed by atoms with E-state index in [0.29, 0.717) is 12.7 Å². The first kappa shape index (κ1) is 14.7. The van der Waals surface area contributed by atoms with Crippen molar-refractivity contribution < 1.29 is 14.2 Å². The molecule has 0 saturated carbocycles. The van der Waals surface area contributed by atoms with Crippen molar-refractivity contribution in [2.24, 2.45) is 5.73 Å². The van der Waals surface area contributed by atoms with Crippen LogP contribution in [0.4, 0.5) is 0 Å². The van der Waals surface area contributed by atoms with E-state index in [9.17, 15) is 0 Å². The molecule has 0 bridgehead atoms. The van der Waals surface area contributed by atoms with Gasteiger partial charge in [0.1, 0.15) is 23.7 Å². The average molecular weight is 291 g/mol. The molecule has 3 unspecified atom stereocenters. The second kappa shape index (κ2) is 5.50. The van der Waals surface area contributed by atoms with Crippen LogP contribution in [0, 0.1) is 0 Å². The summed E-state index contributed by atoms with van der Waals surface area (Å²) < 4.78 is 17.7. The maximum absolute atomic E-state index is 6.22. The van der Waals surface area contributed by atoms with Crippen LogP contribution in [0.3, 0.4) is 0 Å². The van der Waals surface area contributed by atoms with E-state index < -0.39 is 0 Å². The summed E-state index contributed by atoms with van der Waals surface area (Å²) in [6, 6.07) is 5.97. The summed E-state index contributed by atoms with van der Waals surface area (Å²) in [5.41, 5.74) is 7.06. The monoisotopic (exact) mass is 291 g/mol. The van der Waals surface area contributed by atoms with Gasteiger partial charge in [-0.3, -0.25) is 0 Å². The molecule has 2 aliphatic rings. The highest BCUT2D eigenvalue weighted by molar-refractivity contribution is 5.44. The zero-order valence-corrected chi connectivity index (χ0v) is 13.1. The summed E-state index contributed by atoms with van der Waals surface area (Å²) in [6.07, 6.45) is 3.57. The number of nitrogens with two attached hydrogens (primary N) is 1.